The van der Waals surface area contributed by atoms with Crippen molar-refractivity contribution in [1.82, 2.24) is 19.6 Å². The van der Waals surface area contributed by atoms with Crippen LogP contribution in [0.4, 0.5) is 13.2 Å². The molecule has 0 bridgehead atoms. The molecule has 1 unspecified atom stereocenters. The molecule has 0 radical (unpaired) electrons. The number of carbonyl (C=O) groups excluding carboxylic acids is 1. The number of hydrogen-bond donors (Lipinski definition) is 1. The molecule has 0 fully saturated rings. The molecule has 1 N–H and O–H groups in total. The van der Waals surface area contributed by atoms with Crippen molar-refractivity contribution in [2.75, 3.05) is 33.8 Å². The molecule has 1 amide bonds. The Labute approximate surface area is 181 Å². The number of amides is 1. The molecule has 0 saturated heterocycles. The van der Waals surface area contributed by atoms with Crippen LogP contribution in [0.25, 0.3) is 0 Å². The average molecular weight is 463 g/mol. The highest BCUT2D eigenvalue weighted by Gasteiger charge is 2.38. The molecule has 2 aromatic rings. The Morgan fingerprint density at radius 2 is 1.87 bits per heavy atom. The minimum Gasteiger partial charge on any atom is -0.492 e. The first-order valence-corrected chi connectivity index (χ1v) is 9.51. The largest absolute Gasteiger partial charge is 0.492 e. The molecule has 0 spiro atoms. The van der Waals surface area contributed by atoms with Crippen LogP contribution in [0, 0.1) is 0 Å². The van der Waals surface area contributed by atoms with E-state index in [2.05, 4.69) is 10.00 Å². The second-order valence-corrected chi connectivity index (χ2v) is 7.29. The van der Waals surface area contributed by atoms with E-state index in [0.717, 1.165) is 24.5 Å². The topological polar surface area (TPSA) is 87.9 Å². The van der Waals surface area contributed by atoms with Crippen molar-refractivity contribution in [1.29, 1.82) is 0 Å². The molecule has 31 heavy (non-hydrogen) atoms. The van der Waals surface area contributed by atoms with Crippen molar-refractivity contribution in [2.24, 2.45) is 0 Å². The van der Waals surface area contributed by atoms with Gasteiger partial charge in [-0.05, 0) is 30.3 Å². The van der Waals surface area contributed by atoms with Crippen LogP contribution in [0.3, 0.4) is 0 Å². The Hall–Kier alpha value is -2.79. The lowest BCUT2D eigenvalue weighted by molar-refractivity contribution is -0.192. The quantitative estimate of drug-likeness (QED) is 0.735. The maximum absolute atomic E-state index is 12.4. The summed E-state index contributed by atoms with van der Waals surface area (Å²) in [5.74, 6) is -1.90. The molecule has 1 aliphatic heterocycles. The summed E-state index contributed by atoms with van der Waals surface area (Å²) in [6.07, 6.45) is -3.33. The zero-order chi connectivity index (χ0) is 23.2. The van der Waals surface area contributed by atoms with Crippen LogP contribution in [0.15, 0.2) is 36.5 Å². The maximum Gasteiger partial charge on any atom is 0.490 e. The van der Waals surface area contributed by atoms with Crippen LogP contribution in [-0.4, -0.2) is 76.5 Å². The lowest BCUT2D eigenvalue weighted by Crippen LogP contribution is -2.45. The number of nitrogens with zero attached hydrogens (tertiary/aromatic N) is 4. The zero-order valence-electron chi connectivity index (χ0n) is 16.8. The fraction of sp³-hybridized carbons (Fsp3) is 0.421. The molecule has 0 aliphatic carbocycles. The lowest BCUT2D eigenvalue weighted by Gasteiger charge is -2.34. The van der Waals surface area contributed by atoms with Crippen LogP contribution >= 0.6 is 11.6 Å². The molecule has 3 rings (SSSR count). The van der Waals surface area contributed by atoms with Crippen LogP contribution in [0.1, 0.15) is 11.7 Å². The molecular formula is C19H22ClF3N4O4. The van der Waals surface area contributed by atoms with Crippen molar-refractivity contribution < 1.29 is 32.6 Å². The number of ether oxygens (including phenoxy) is 1. The third-order valence-electron chi connectivity index (χ3n) is 4.32. The van der Waals surface area contributed by atoms with Gasteiger partial charge in [0.25, 0.3) is 0 Å². The van der Waals surface area contributed by atoms with E-state index in [-0.39, 0.29) is 11.9 Å². The predicted octanol–water partition coefficient (Wildman–Crippen LogP) is 2.69. The molecule has 1 atom stereocenters. The summed E-state index contributed by atoms with van der Waals surface area (Å²) in [5.41, 5.74) is 1.05. The van der Waals surface area contributed by atoms with E-state index < -0.39 is 12.1 Å². The van der Waals surface area contributed by atoms with Crippen molar-refractivity contribution in [2.45, 2.75) is 18.8 Å². The van der Waals surface area contributed by atoms with Gasteiger partial charge in [-0.1, -0.05) is 11.6 Å². The van der Waals surface area contributed by atoms with Gasteiger partial charge >= 0.3 is 12.1 Å². The van der Waals surface area contributed by atoms with Gasteiger partial charge in [0.1, 0.15) is 18.4 Å². The number of carbonyl (C=O) groups is 2. The molecule has 170 valence electrons. The summed E-state index contributed by atoms with van der Waals surface area (Å²) in [4.78, 5) is 25.2. The molecule has 0 saturated carbocycles. The Morgan fingerprint density at radius 1 is 1.26 bits per heavy atom. The molecule has 1 aromatic carbocycles. The number of aromatic nitrogens is 2. The number of benzene rings is 1. The molecule has 12 heteroatoms. The van der Waals surface area contributed by atoms with E-state index in [4.69, 9.17) is 26.2 Å². The highest BCUT2D eigenvalue weighted by atomic mass is 35.5. The van der Waals surface area contributed by atoms with Gasteiger partial charge < -0.3 is 14.7 Å². The van der Waals surface area contributed by atoms with Crippen molar-refractivity contribution >= 4 is 23.5 Å². The number of likely N-dealkylation sites (N-methyl/N-ethyl adjacent to an activating group) is 1. The second kappa shape index (κ2) is 10.5. The third-order valence-corrected chi connectivity index (χ3v) is 4.57. The van der Waals surface area contributed by atoms with Crippen molar-refractivity contribution in [3.8, 4) is 5.75 Å². The Balaban J connectivity index is 0.000000423. The second-order valence-electron chi connectivity index (χ2n) is 6.86. The highest BCUT2D eigenvalue weighted by molar-refractivity contribution is 6.30. The number of carboxylic acids is 1. The first-order chi connectivity index (χ1) is 14.5. The fourth-order valence-corrected chi connectivity index (χ4v) is 2.96. The SMILES string of the molecule is CN(C)C(=O)C1CN(CCOc2ccc(Cl)cc2)Cc2ccnn21.O=C(O)C(F)(F)F. The monoisotopic (exact) mass is 462 g/mol. The first-order valence-electron chi connectivity index (χ1n) is 9.13. The lowest BCUT2D eigenvalue weighted by atomic mass is 10.1. The highest BCUT2D eigenvalue weighted by Crippen LogP contribution is 2.22. The number of halogens is 4. The van der Waals surface area contributed by atoms with Gasteiger partial charge in [0, 0.05) is 44.9 Å². The van der Waals surface area contributed by atoms with Gasteiger partial charge in [0.2, 0.25) is 5.91 Å². The number of hydrogen-bond acceptors (Lipinski definition) is 5. The van der Waals surface area contributed by atoms with Gasteiger partial charge in [0.05, 0.1) is 5.69 Å². The Bertz CT molecular complexity index is 887. The summed E-state index contributed by atoms with van der Waals surface area (Å²) >= 11 is 5.87. The average Bonchev–Trinajstić information content (AvgIpc) is 3.16. The van der Waals surface area contributed by atoms with Gasteiger partial charge in [-0.15, -0.1) is 0 Å². The molecule has 8 nitrogen and oxygen atoms in total. The summed E-state index contributed by atoms with van der Waals surface area (Å²) in [7, 11) is 3.54. The van der Waals surface area contributed by atoms with E-state index in [0.29, 0.717) is 18.2 Å². The van der Waals surface area contributed by atoms with Crippen LogP contribution in [-0.2, 0) is 16.1 Å². The molecule has 1 aliphatic rings. The minimum absolute atomic E-state index is 0.0586. The van der Waals surface area contributed by atoms with Crippen LogP contribution in [0.2, 0.25) is 5.02 Å². The number of aliphatic carboxylic acids is 1. The first kappa shape index (κ1) is 24.5. The minimum atomic E-state index is -5.08. The van der Waals surface area contributed by atoms with E-state index in [9.17, 15) is 18.0 Å². The fourth-order valence-electron chi connectivity index (χ4n) is 2.84. The van der Waals surface area contributed by atoms with Crippen molar-refractivity contribution in [3.05, 3.63) is 47.2 Å². The zero-order valence-corrected chi connectivity index (χ0v) is 17.6. The summed E-state index contributed by atoms with van der Waals surface area (Å²) in [5, 5.41) is 12.1. The number of rotatable bonds is 5. The molecule has 1 aromatic heterocycles. The number of alkyl halides is 3. The maximum atomic E-state index is 12.4. The number of carboxylic acid groups (broad SMARTS) is 1. The summed E-state index contributed by atoms with van der Waals surface area (Å²) < 4.78 is 39.3. The standard InChI is InChI=1S/C17H21ClN4O2.C2HF3O2/c1-20(2)17(23)16-12-21(11-14-7-8-19-22(14)16)9-10-24-15-5-3-13(18)4-6-15;3-2(4,5)1(6)7/h3-8,16H,9-12H2,1-2H3;(H,6,7). The normalized spacial score (nSPS) is 16.0. The van der Waals surface area contributed by atoms with E-state index in [1.54, 1.807) is 25.2 Å². The molecule has 2 heterocycles. The summed E-state index contributed by atoms with van der Waals surface area (Å²) in [6, 6.07) is 9.00. The molecular weight excluding hydrogens is 441 g/mol. The van der Waals surface area contributed by atoms with Gasteiger partial charge in [0.15, 0.2) is 0 Å². The van der Waals surface area contributed by atoms with E-state index in [1.165, 1.54) is 0 Å². The van der Waals surface area contributed by atoms with E-state index >= 15 is 0 Å². The van der Waals surface area contributed by atoms with Crippen LogP contribution in [0.5, 0.6) is 5.75 Å². The third kappa shape index (κ3) is 7.14. The summed E-state index contributed by atoms with van der Waals surface area (Å²) in [6.45, 7) is 2.69. The smallest absolute Gasteiger partial charge is 0.490 e. The van der Waals surface area contributed by atoms with Crippen molar-refractivity contribution in [3.63, 3.8) is 0 Å². The van der Waals surface area contributed by atoms with Gasteiger partial charge in [-0.3, -0.25) is 14.4 Å². The Morgan fingerprint density at radius 3 is 2.42 bits per heavy atom. The van der Waals surface area contributed by atoms with Gasteiger partial charge in [-0.25, -0.2) is 4.79 Å². The number of fused-ring (bicyclic) bond motifs is 1. The predicted molar refractivity (Wildman–Crippen MR) is 106 cm³/mol. The Kier molecular flexibility index (Phi) is 8.28. The van der Waals surface area contributed by atoms with E-state index in [1.807, 2.05) is 35.0 Å². The van der Waals surface area contributed by atoms with Crippen LogP contribution < -0.4 is 4.74 Å². The van der Waals surface area contributed by atoms with Gasteiger partial charge in [-0.2, -0.15) is 18.3 Å².